The summed E-state index contributed by atoms with van der Waals surface area (Å²) in [7, 11) is 10.7. The fraction of sp³-hybridized carbons (Fsp3) is 0.651. The van der Waals surface area contributed by atoms with Gasteiger partial charge in [-0.25, -0.2) is 0 Å². The van der Waals surface area contributed by atoms with Crippen molar-refractivity contribution in [3.8, 4) is 0 Å². The molecule has 2 radical (unpaired) electrons. The fourth-order valence-electron chi connectivity index (χ4n) is 10.6. The molecule has 4 bridgehead atoms. The molecule has 4 saturated heterocycles. The van der Waals surface area contributed by atoms with Gasteiger partial charge in [0.05, 0.1) is 0 Å². The molecule has 48 heavy (non-hydrogen) atoms. The van der Waals surface area contributed by atoms with Crippen LogP contribution in [0.5, 0.6) is 0 Å². The molecule has 5 heteroatoms. The van der Waals surface area contributed by atoms with Gasteiger partial charge in [0, 0.05) is 6.42 Å². The molecular formula is C43H60Cl2P2Ru. The first-order chi connectivity index (χ1) is 23.8. The topological polar surface area (TPSA) is 0 Å². The minimum absolute atomic E-state index is 0.346. The molecule has 2 aromatic rings. The molecule has 2 aromatic carbocycles. The molecule has 9 rings (SSSR count). The Kier molecular flexibility index (Phi) is 16.2. The Balaban J connectivity index is 0.000000120. The van der Waals surface area contributed by atoms with Gasteiger partial charge < -0.3 is 0 Å². The van der Waals surface area contributed by atoms with Gasteiger partial charge in [-0.05, 0) is 133 Å². The molecule has 0 nitrogen and oxygen atoms in total. The predicted octanol–water partition coefficient (Wildman–Crippen LogP) is 14.7. The van der Waals surface area contributed by atoms with Gasteiger partial charge in [-0.1, -0.05) is 141 Å². The van der Waals surface area contributed by atoms with Crippen molar-refractivity contribution in [2.24, 2.45) is 0 Å². The first-order valence-electron chi connectivity index (χ1n) is 19.8. The van der Waals surface area contributed by atoms with Crippen molar-refractivity contribution in [1.82, 2.24) is 0 Å². The Bertz CT molecular complexity index is 1150. The molecule has 3 aliphatic carbocycles. The summed E-state index contributed by atoms with van der Waals surface area (Å²) < 4.78 is 0. The van der Waals surface area contributed by atoms with E-state index >= 15 is 0 Å². The molecule has 4 heterocycles. The van der Waals surface area contributed by atoms with Gasteiger partial charge in [0.25, 0.3) is 0 Å². The molecule has 6 fully saturated rings. The Morgan fingerprint density at radius 1 is 0.458 bits per heavy atom. The van der Waals surface area contributed by atoms with Gasteiger partial charge in [0.15, 0.2) is 0 Å². The van der Waals surface area contributed by atoms with Crippen LogP contribution in [0.2, 0.25) is 0 Å². The average molecular weight is 811 g/mol. The second-order valence-electron chi connectivity index (χ2n) is 15.5. The first-order valence-corrected chi connectivity index (χ1v) is 27.4. The standard InChI is InChI=1S/C15H10.2C14H25P.2ClH.Ru/c1-2-6-12(7-3-1)15-11-10-13-8-4-5-9-14(13)15;2*1-2-6-12(7-3-1)15-13-8-4-9-14(15)11-5-10-13;;;/h1-9,11H;2*12-14H,1-11H2;2*1H;/q;;;;;+2/p-2. The van der Waals surface area contributed by atoms with E-state index in [1.165, 1.54) is 69.1 Å². The molecule has 4 aliphatic heterocycles. The van der Waals surface area contributed by atoms with Gasteiger partial charge in [0.2, 0.25) is 0 Å². The summed E-state index contributed by atoms with van der Waals surface area (Å²) in [5, 5.41) is 0. The fourth-order valence-corrected chi connectivity index (χ4v) is 19.9. The number of rotatable bonds is 3. The molecule has 2 saturated carbocycles. The summed E-state index contributed by atoms with van der Waals surface area (Å²) in [6.07, 6.45) is 40.3. The van der Waals surface area contributed by atoms with E-state index < -0.39 is 0 Å². The quantitative estimate of drug-likeness (QED) is 0.214. The van der Waals surface area contributed by atoms with Crippen LogP contribution in [0, 0.1) is 6.42 Å². The van der Waals surface area contributed by atoms with Crippen molar-refractivity contribution < 1.29 is 15.1 Å². The molecule has 264 valence electrons. The maximum absolute atomic E-state index is 4.85. The molecule has 0 spiro atoms. The maximum atomic E-state index is 4.85. The van der Waals surface area contributed by atoms with Crippen LogP contribution in [0.3, 0.4) is 0 Å². The Hall–Kier alpha value is 0.243. The van der Waals surface area contributed by atoms with E-state index in [1.54, 1.807) is 128 Å². The van der Waals surface area contributed by atoms with Gasteiger partial charge in [-0.3, -0.25) is 0 Å². The number of fused-ring (bicyclic) bond motifs is 5. The summed E-state index contributed by atoms with van der Waals surface area (Å²) in [5.74, 6) is 0. The molecule has 0 N–H and O–H groups in total. The van der Waals surface area contributed by atoms with Gasteiger partial charge in [0.1, 0.15) is 0 Å². The van der Waals surface area contributed by atoms with Crippen molar-refractivity contribution in [3.05, 3.63) is 83.8 Å². The van der Waals surface area contributed by atoms with Crippen LogP contribution in [0.25, 0.3) is 5.57 Å². The number of hydrogen-bond acceptors (Lipinski definition) is 0. The zero-order chi connectivity index (χ0) is 33.0. The van der Waals surface area contributed by atoms with E-state index in [2.05, 4.69) is 55.0 Å². The van der Waals surface area contributed by atoms with Crippen LogP contribution in [0.1, 0.15) is 158 Å². The van der Waals surface area contributed by atoms with Crippen LogP contribution >= 0.6 is 35.2 Å². The number of benzene rings is 2. The molecule has 0 unspecified atom stereocenters. The third kappa shape index (κ3) is 10.2. The Labute approximate surface area is 313 Å². The number of halogens is 2. The third-order valence-electron chi connectivity index (χ3n) is 12.7. The molecule has 0 amide bonds. The predicted molar refractivity (Wildman–Crippen MR) is 212 cm³/mol. The van der Waals surface area contributed by atoms with Crippen molar-refractivity contribution in [2.75, 3.05) is 0 Å². The van der Waals surface area contributed by atoms with E-state index in [-0.39, 0.29) is 15.1 Å². The Morgan fingerprint density at radius 3 is 1.23 bits per heavy atom. The van der Waals surface area contributed by atoms with E-state index in [0.717, 1.165) is 0 Å². The molecule has 7 aliphatic rings. The third-order valence-corrected chi connectivity index (χ3v) is 20.8. The van der Waals surface area contributed by atoms with Crippen LogP contribution < -0.4 is 0 Å². The zero-order valence-electron chi connectivity index (χ0n) is 29.3. The normalized spacial score (nSPS) is 31.4. The van der Waals surface area contributed by atoms with Crippen LogP contribution in [0.4, 0.5) is 0 Å². The van der Waals surface area contributed by atoms with Crippen LogP contribution in [-0.4, -0.2) is 34.0 Å². The van der Waals surface area contributed by atoms with Gasteiger partial charge in [-0.2, -0.15) is 0 Å². The van der Waals surface area contributed by atoms with Crippen molar-refractivity contribution >= 4 is 40.8 Å². The second kappa shape index (κ2) is 20.5. The van der Waals surface area contributed by atoms with Crippen molar-refractivity contribution in [1.29, 1.82) is 0 Å². The average Bonchev–Trinajstić information content (AvgIpc) is 3.57. The summed E-state index contributed by atoms with van der Waals surface area (Å²) in [5.41, 5.74) is 12.3. The van der Waals surface area contributed by atoms with E-state index in [0.29, 0.717) is 15.8 Å². The first kappa shape index (κ1) is 38.0. The van der Waals surface area contributed by atoms with Crippen LogP contribution in [0.15, 0.2) is 60.7 Å². The SMILES string of the molecule is C1CCC(P2C3CCCC2CCC3)CC1.C1CCC(P2C3CCCC2CCC3)CC1.[C]1C=C(c2ccccc2)c2ccccc21.[Cl][Ru][Cl]. The van der Waals surface area contributed by atoms with Crippen molar-refractivity contribution in [3.63, 3.8) is 0 Å². The molecule has 0 atom stereocenters. The second-order valence-corrected chi connectivity index (χ2v) is 24.3. The van der Waals surface area contributed by atoms with Gasteiger partial charge in [-0.15, -0.1) is 0 Å². The van der Waals surface area contributed by atoms with E-state index in [4.69, 9.17) is 19.4 Å². The van der Waals surface area contributed by atoms with E-state index in [1.807, 2.05) is 12.1 Å². The summed E-state index contributed by atoms with van der Waals surface area (Å²) in [6, 6.07) is 18.8. The Morgan fingerprint density at radius 2 is 0.812 bits per heavy atom. The molecule has 0 aromatic heterocycles. The van der Waals surface area contributed by atoms with Gasteiger partial charge >= 0.3 is 34.5 Å². The summed E-state index contributed by atoms with van der Waals surface area (Å²) in [4.78, 5) is 0. The minimum atomic E-state index is -0.346. The number of allylic oxidation sites excluding steroid dienone is 1. The summed E-state index contributed by atoms with van der Waals surface area (Å²) in [6.45, 7) is 0. The van der Waals surface area contributed by atoms with E-state index in [9.17, 15) is 0 Å². The van der Waals surface area contributed by atoms with Crippen LogP contribution in [-0.2, 0) is 15.1 Å². The number of hydrogen-bond donors (Lipinski definition) is 0. The van der Waals surface area contributed by atoms with Crippen molar-refractivity contribution in [2.45, 2.75) is 175 Å². The summed E-state index contributed by atoms with van der Waals surface area (Å²) >= 11 is -0.346. The monoisotopic (exact) mass is 810 g/mol. The zero-order valence-corrected chi connectivity index (χ0v) is 34.3. The molecular weight excluding hydrogens is 750 g/mol.